The highest BCUT2D eigenvalue weighted by atomic mass is 15.0. The Morgan fingerprint density at radius 2 is 2.00 bits per heavy atom. The van der Waals surface area contributed by atoms with Gasteiger partial charge in [0.15, 0.2) is 0 Å². The number of nitrogens with zero attached hydrogens (tertiary/aromatic N) is 1. The summed E-state index contributed by atoms with van der Waals surface area (Å²) in [6.45, 7) is 2.16. The van der Waals surface area contributed by atoms with E-state index in [9.17, 15) is 0 Å². The van der Waals surface area contributed by atoms with Crippen molar-refractivity contribution in [3.8, 4) is 0 Å². The van der Waals surface area contributed by atoms with E-state index >= 15 is 0 Å². The van der Waals surface area contributed by atoms with Crippen molar-refractivity contribution in [2.75, 3.05) is 26.0 Å². The third kappa shape index (κ3) is 4.04. The monoisotopic (exact) mass is 232 g/mol. The second-order valence-electron chi connectivity index (χ2n) is 5.47. The lowest BCUT2D eigenvalue weighted by atomic mass is 10.1. The molecule has 1 aromatic rings. The number of anilines is 1. The fourth-order valence-corrected chi connectivity index (χ4v) is 2.62. The Hall–Kier alpha value is -1.02. The molecule has 1 saturated carbocycles. The normalized spacial score (nSPS) is 16.6. The van der Waals surface area contributed by atoms with Crippen LogP contribution in [0.1, 0.15) is 31.2 Å². The average Bonchev–Trinajstić information content (AvgIpc) is 2.79. The van der Waals surface area contributed by atoms with Gasteiger partial charge in [0.1, 0.15) is 0 Å². The van der Waals surface area contributed by atoms with E-state index in [0.717, 1.165) is 19.0 Å². The zero-order chi connectivity index (χ0) is 12.1. The van der Waals surface area contributed by atoms with Crippen molar-refractivity contribution < 1.29 is 0 Å². The van der Waals surface area contributed by atoms with Crippen molar-refractivity contribution in [2.45, 2.75) is 32.2 Å². The first-order chi connectivity index (χ1) is 8.24. The molecule has 1 fully saturated rings. The average molecular weight is 232 g/mol. The second kappa shape index (κ2) is 6.06. The summed E-state index contributed by atoms with van der Waals surface area (Å²) >= 11 is 0. The van der Waals surface area contributed by atoms with Gasteiger partial charge in [0.05, 0.1) is 0 Å². The van der Waals surface area contributed by atoms with Crippen LogP contribution in [0.4, 0.5) is 5.69 Å². The molecule has 0 aromatic heterocycles. The quantitative estimate of drug-likeness (QED) is 0.837. The molecule has 17 heavy (non-hydrogen) atoms. The van der Waals surface area contributed by atoms with E-state index in [-0.39, 0.29) is 0 Å². The molecule has 2 nitrogen and oxygen atoms in total. The van der Waals surface area contributed by atoms with Gasteiger partial charge >= 0.3 is 0 Å². The smallest absolute Gasteiger partial charge is 0.0343 e. The highest BCUT2D eigenvalue weighted by Gasteiger charge is 2.14. The molecule has 1 aliphatic rings. The number of benzene rings is 1. The Kier molecular flexibility index (Phi) is 4.43. The molecule has 1 aliphatic carbocycles. The molecule has 0 spiro atoms. The topological polar surface area (TPSA) is 15.3 Å². The molecule has 2 heteroatoms. The van der Waals surface area contributed by atoms with E-state index in [1.165, 1.54) is 36.9 Å². The summed E-state index contributed by atoms with van der Waals surface area (Å²) in [5.41, 5.74) is 2.66. The molecule has 1 aromatic carbocycles. The van der Waals surface area contributed by atoms with Crippen LogP contribution >= 0.6 is 0 Å². The lowest BCUT2D eigenvalue weighted by Crippen LogP contribution is -2.12. The van der Waals surface area contributed by atoms with Crippen LogP contribution in [0.25, 0.3) is 0 Å². The Bertz CT molecular complexity index is 341. The van der Waals surface area contributed by atoms with Crippen molar-refractivity contribution in [1.82, 2.24) is 4.90 Å². The largest absolute Gasteiger partial charge is 0.385 e. The van der Waals surface area contributed by atoms with Crippen LogP contribution in [0.2, 0.25) is 0 Å². The maximum atomic E-state index is 3.58. The van der Waals surface area contributed by atoms with E-state index in [1.807, 2.05) is 0 Å². The molecule has 0 amide bonds. The Labute approximate surface area is 105 Å². The summed E-state index contributed by atoms with van der Waals surface area (Å²) < 4.78 is 0. The summed E-state index contributed by atoms with van der Waals surface area (Å²) in [5, 5.41) is 3.58. The molecule has 1 N–H and O–H groups in total. The summed E-state index contributed by atoms with van der Waals surface area (Å²) in [4.78, 5) is 2.20. The predicted molar refractivity (Wildman–Crippen MR) is 74.3 cm³/mol. The number of nitrogens with one attached hydrogen (secondary N) is 1. The maximum Gasteiger partial charge on any atom is 0.0343 e. The van der Waals surface area contributed by atoms with Crippen LogP contribution < -0.4 is 5.32 Å². The summed E-state index contributed by atoms with van der Waals surface area (Å²) in [6.07, 6.45) is 5.66. The van der Waals surface area contributed by atoms with Crippen molar-refractivity contribution in [1.29, 1.82) is 0 Å². The lowest BCUT2D eigenvalue weighted by Gasteiger charge is -2.14. The molecule has 0 saturated heterocycles. The molecule has 0 unspecified atom stereocenters. The van der Waals surface area contributed by atoms with Crippen LogP contribution in [0.3, 0.4) is 0 Å². The number of rotatable bonds is 5. The van der Waals surface area contributed by atoms with Gasteiger partial charge in [0.25, 0.3) is 0 Å². The third-order valence-corrected chi connectivity index (χ3v) is 3.50. The van der Waals surface area contributed by atoms with Gasteiger partial charge in [0, 0.05) is 18.8 Å². The van der Waals surface area contributed by atoms with Gasteiger partial charge in [-0.3, -0.25) is 0 Å². The van der Waals surface area contributed by atoms with Gasteiger partial charge in [-0.2, -0.15) is 0 Å². The van der Waals surface area contributed by atoms with E-state index in [1.54, 1.807) is 0 Å². The van der Waals surface area contributed by atoms with Gasteiger partial charge in [0.2, 0.25) is 0 Å². The van der Waals surface area contributed by atoms with Gasteiger partial charge < -0.3 is 10.2 Å². The molecule has 0 aliphatic heterocycles. The maximum absolute atomic E-state index is 3.58. The fourth-order valence-electron chi connectivity index (χ4n) is 2.62. The third-order valence-electron chi connectivity index (χ3n) is 3.50. The zero-order valence-corrected chi connectivity index (χ0v) is 11.1. The standard InChI is InChI=1S/C15H24N2/c1-17(2)12-14-8-5-9-15(10-14)16-11-13-6-3-4-7-13/h5,8-10,13,16H,3-4,6-7,11-12H2,1-2H3. The van der Waals surface area contributed by atoms with Gasteiger partial charge in [-0.25, -0.2) is 0 Å². The van der Waals surface area contributed by atoms with Crippen LogP contribution in [-0.4, -0.2) is 25.5 Å². The Morgan fingerprint density at radius 3 is 2.71 bits per heavy atom. The highest BCUT2D eigenvalue weighted by molar-refractivity contribution is 5.45. The molecular formula is C15H24N2. The van der Waals surface area contributed by atoms with Crippen molar-refractivity contribution >= 4 is 5.69 Å². The van der Waals surface area contributed by atoms with Gasteiger partial charge in [-0.05, 0) is 50.6 Å². The van der Waals surface area contributed by atoms with E-state index in [4.69, 9.17) is 0 Å². The molecular weight excluding hydrogens is 208 g/mol. The molecule has 94 valence electrons. The zero-order valence-electron chi connectivity index (χ0n) is 11.1. The van der Waals surface area contributed by atoms with Crippen molar-refractivity contribution in [2.24, 2.45) is 5.92 Å². The van der Waals surface area contributed by atoms with E-state index in [0.29, 0.717) is 0 Å². The van der Waals surface area contributed by atoms with Crippen molar-refractivity contribution in [3.05, 3.63) is 29.8 Å². The SMILES string of the molecule is CN(C)Cc1cccc(NCC2CCCC2)c1. The van der Waals surface area contributed by atoms with Gasteiger partial charge in [-0.15, -0.1) is 0 Å². The minimum atomic E-state index is 0.896. The minimum absolute atomic E-state index is 0.896. The molecule has 2 rings (SSSR count). The predicted octanol–water partition coefficient (Wildman–Crippen LogP) is 3.35. The highest BCUT2D eigenvalue weighted by Crippen LogP contribution is 2.25. The summed E-state index contributed by atoms with van der Waals surface area (Å²) in [7, 11) is 4.22. The van der Waals surface area contributed by atoms with Crippen molar-refractivity contribution in [3.63, 3.8) is 0 Å². The summed E-state index contributed by atoms with van der Waals surface area (Å²) in [6, 6.07) is 8.79. The van der Waals surface area contributed by atoms with Crippen LogP contribution in [0, 0.1) is 5.92 Å². The van der Waals surface area contributed by atoms with Gasteiger partial charge in [-0.1, -0.05) is 25.0 Å². The molecule has 0 bridgehead atoms. The first-order valence-corrected chi connectivity index (χ1v) is 6.71. The first kappa shape index (κ1) is 12.4. The van der Waals surface area contributed by atoms with Crippen LogP contribution in [0.15, 0.2) is 24.3 Å². The molecule has 0 radical (unpaired) electrons. The molecule has 0 heterocycles. The number of hydrogen-bond acceptors (Lipinski definition) is 2. The first-order valence-electron chi connectivity index (χ1n) is 6.71. The van der Waals surface area contributed by atoms with E-state index in [2.05, 4.69) is 48.6 Å². The second-order valence-corrected chi connectivity index (χ2v) is 5.47. The Balaban J connectivity index is 1.86. The van der Waals surface area contributed by atoms with Crippen LogP contribution in [-0.2, 0) is 6.54 Å². The minimum Gasteiger partial charge on any atom is -0.385 e. The van der Waals surface area contributed by atoms with Crippen LogP contribution in [0.5, 0.6) is 0 Å². The number of hydrogen-bond donors (Lipinski definition) is 1. The molecule has 0 atom stereocenters. The lowest BCUT2D eigenvalue weighted by molar-refractivity contribution is 0.402. The summed E-state index contributed by atoms with van der Waals surface area (Å²) in [5.74, 6) is 0.896. The Morgan fingerprint density at radius 1 is 1.24 bits per heavy atom. The fraction of sp³-hybridized carbons (Fsp3) is 0.600. The van der Waals surface area contributed by atoms with E-state index < -0.39 is 0 Å².